The van der Waals surface area contributed by atoms with Gasteiger partial charge in [0, 0.05) is 12.6 Å². The van der Waals surface area contributed by atoms with Crippen molar-refractivity contribution in [3.8, 4) is 5.75 Å². The van der Waals surface area contributed by atoms with Crippen LogP contribution in [0.15, 0.2) is 42.5 Å². The lowest BCUT2D eigenvalue weighted by Crippen LogP contribution is -2.52. The summed E-state index contributed by atoms with van der Waals surface area (Å²) < 4.78 is 31.7. The fourth-order valence-corrected chi connectivity index (χ4v) is 4.35. The molecule has 0 unspecified atom stereocenters. The molecule has 0 bridgehead atoms. The first-order valence-electron chi connectivity index (χ1n) is 11.6. The normalized spacial score (nSPS) is 13.0. The molecule has 192 valence electrons. The van der Waals surface area contributed by atoms with Crippen molar-refractivity contribution in [1.29, 1.82) is 0 Å². The Kier molecular flexibility index (Phi) is 9.71. The van der Waals surface area contributed by atoms with Gasteiger partial charge < -0.3 is 15.0 Å². The van der Waals surface area contributed by atoms with Gasteiger partial charge in [0.05, 0.1) is 19.1 Å². The molecule has 8 nitrogen and oxygen atoms in total. The monoisotopic (exact) mass is 503 g/mol. The second-order valence-electron chi connectivity index (χ2n) is 8.91. The lowest BCUT2D eigenvalue weighted by molar-refractivity contribution is -0.139. The first-order valence-corrected chi connectivity index (χ1v) is 13.5. The van der Waals surface area contributed by atoms with Gasteiger partial charge in [-0.25, -0.2) is 8.42 Å². The maximum absolute atomic E-state index is 13.6. The molecule has 2 rings (SSSR count). The second-order valence-corrected chi connectivity index (χ2v) is 10.8. The molecule has 0 aromatic heterocycles. The molecule has 0 saturated carbocycles. The van der Waals surface area contributed by atoms with Crippen molar-refractivity contribution in [3.63, 3.8) is 0 Å². The van der Waals surface area contributed by atoms with E-state index >= 15 is 0 Å². The van der Waals surface area contributed by atoms with E-state index in [1.165, 1.54) is 4.90 Å². The fourth-order valence-electron chi connectivity index (χ4n) is 3.51. The van der Waals surface area contributed by atoms with Gasteiger partial charge in [-0.05, 0) is 75.1 Å². The largest absolute Gasteiger partial charge is 0.497 e. The summed E-state index contributed by atoms with van der Waals surface area (Å²) in [7, 11) is -2.21. The number of carbonyl (C=O) groups excluding carboxylic acids is 2. The van der Waals surface area contributed by atoms with Crippen molar-refractivity contribution in [3.05, 3.63) is 59.2 Å². The highest BCUT2D eigenvalue weighted by molar-refractivity contribution is 7.92. The predicted molar refractivity (Wildman–Crippen MR) is 139 cm³/mol. The van der Waals surface area contributed by atoms with Crippen LogP contribution in [-0.4, -0.2) is 57.1 Å². The topological polar surface area (TPSA) is 96.0 Å². The Labute approximate surface area is 209 Å². The van der Waals surface area contributed by atoms with Crippen molar-refractivity contribution in [2.24, 2.45) is 0 Å². The zero-order chi connectivity index (χ0) is 26.3. The van der Waals surface area contributed by atoms with Crippen molar-refractivity contribution in [2.45, 2.75) is 59.7 Å². The van der Waals surface area contributed by atoms with Crippen molar-refractivity contribution in [1.82, 2.24) is 10.2 Å². The Morgan fingerprint density at radius 3 is 2.31 bits per heavy atom. The third-order valence-electron chi connectivity index (χ3n) is 6.11. The van der Waals surface area contributed by atoms with Crippen molar-refractivity contribution >= 4 is 27.5 Å². The Hall–Kier alpha value is -3.07. The first kappa shape index (κ1) is 28.2. The maximum atomic E-state index is 13.6. The summed E-state index contributed by atoms with van der Waals surface area (Å²) in [5, 5.41) is 2.91. The highest BCUT2D eigenvalue weighted by atomic mass is 32.2. The number of rotatable bonds is 11. The Morgan fingerprint density at radius 2 is 1.74 bits per heavy atom. The van der Waals surface area contributed by atoms with Crippen molar-refractivity contribution < 1.29 is 22.7 Å². The molecule has 2 atom stereocenters. The predicted octanol–water partition coefficient (Wildman–Crippen LogP) is 3.41. The molecule has 0 heterocycles. The SMILES string of the molecule is CC[C@H](C)NC(=O)[C@@H](C)N(Cc1cccc(OC)c1)C(=O)CN(c1ccc(C)c(C)c1)S(C)(=O)=O. The third kappa shape index (κ3) is 7.71. The molecular formula is C26H37N3O5S. The van der Waals surface area contributed by atoms with E-state index in [0.29, 0.717) is 11.4 Å². The highest BCUT2D eigenvalue weighted by Gasteiger charge is 2.30. The summed E-state index contributed by atoms with van der Waals surface area (Å²) in [5.74, 6) is -0.157. The molecule has 0 aliphatic rings. The molecular weight excluding hydrogens is 466 g/mol. The minimum absolute atomic E-state index is 0.0539. The van der Waals surface area contributed by atoms with Crippen LogP contribution in [0.5, 0.6) is 5.75 Å². The van der Waals surface area contributed by atoms with Gasteiger partial charge in [-0.3, -0.25) is 13.9 Å². The first-order chi connectivity index (χ1) is 16.4. The summed E-state index contributed by atoms with van der Waals surface area (Å²) in [4.78, 5) is 27.9. The standard InChI is InChI=1S/C26H37N3O5S/c1-8-20(4)27-26(31)21(5)28(16-22-10-9-11-24(15-22)34-6)25(30)17-29(35(7,32)33)23-13-12-18(2)19(3)14-23/h9-15,20-21H,8,16-17H2,1-7H3,(H,27,31)/t20-,21+/m0/s1. The molecule has 0 radical (unpaired) electrons. The van der Waals surface area contributed by atoms with Gasteiger partial charge in [-0.1, -0.05) is 25.1 Å². The molecule has 2 amide bonds. The lowest BCUT2D eigenvalue weighted by atomic mass is 10.1. The van der Waals surface area contributed by atoms with E-state index in [9.17, 15) is 18.0 Å². The van der Waals surface area contributed by atoms with Crippen LogP contribution < -0.4 is 14.4 Å². The molecule has 0 saturated heterocycles. The summed E-state index contributed by atoms with van der Waals surface area (Å²) >= 11 is 0. The maximum Gasteiger partial charge on any atom is 0.244 e. The van der Waals surface area contributed by atoms with E-state index in [-0.39, 0.29) is 18.5 Å². The van der Waals surface area contributed by atoms with E-state index in [2.05, 4.69) is 5.32 Å². The molecule has 0 aliphatic heterocycles. The average molecular weight is 504 g/mol. The van der Waals surface area contributed by atoms with Crippen LogP contribution in [0.2, 0.25) is 0 Å². The molecule has 1 N–H and O–H groups in total. The van der Waals surface area contributed by atoms with Gasteiger partial charge in [0.15, 0.2) is 0 Å². The molecule has 9 heteroatoms. The number of sulfonamides is 1. The summed E-state index contributed by atoms with van der Waals surface area (Å²) in [5.41, 5.74) is 3.10. The van der Waals surface area contributed by atoms with Crippen LogP contribution in [0.3, 0.4) is 0 Å². The number of carbonyl (C=O) groups is 2. The minimum atomic E-state index is -3.76. The molecule has 2 aromatic rings. The number of methoxy groups -OCH3 is 1. The number of anilines is 1. The van der Waals surface area contributed by atoms with Gasteiger partial charge in [-0.15, -0.1) is 0 Å². The number of amides is 2. The summed E-state index contributed by atoms with van der Waals surface area (Å²) in [6.45, 7) is 9.02. The van der Waals surface area contributed by atoms with E-state index in [1.54, 1.807) is 44.4 Å². The highest BCUT2D eigenvalue weighted by Crippen LogP contribution is 2.22. The zero-order valence-corrected chi connectivity index (χ0v) is 22.5. The number of ether oxygens (including phenoxy) is 1. The van der Waals surface area contributed by atoms with Crippen LogP contribution in [0.1, 0.15) is 43.9 Å². The van der Waals surface area contributed by atoms with Crippen molar-refractivity contribution in [2.75, 3.05) is 24.2 Å². The van der Waals surface area contributed by atoms with Crippen LogP contribution in [-0.2, 0) is 26.2 Å². The number of nitrogens with zero attached hydrogens (tertiary/aromatic N) is 2. The van der Waals surface area contributed by atoms with E-state index < -0.39 is 28.5 Å². The fraction of sp³-hybridized carbons (Fsp3) is 0.462. The Balaban J connectivity index is 2.42. The van der Waals surface area contributed by atoms with Gasteiger partial charge in [0.25, 0.3) is 0 Å². The Bertz CT molecular complexity index is 1150. The quantitative estimate of drug-likeness (QED) is 0.507. The van der Waals surface area contributed by atoms with Crippen LogP contribution in [0, 0.1) is 13.8 Å². The van der Waals surface area contributed by atoms with Gasteiger partial charge in [-0.2, -0.15) is 0 Å². The smallest absolute Gasteiger partial charge is 0.244 e. The minimum Gasteiger partial charge on any atom is -0.497 e. The lowest BCUT2D eigenvalue weighted by Gasteiger charge is -2.32. The van der Waals surface area contributed by atoms with E-state index in [1.807, 2.05) is 39.8 Å². The zero-order valence-electron chi connectivity index (χ0n) is 21.7. The average Bonchev–Trinajstić information content (AvgIpc) is 2.81. The van der Waals surface area contributed by atoms with Crippen LogP contribution in [0.4, 0.5) is 5.69 Å². The molecule has 2 aromatic carbocycles. The summed E-state index contributed by atoms with van der Waals surface area (Å²) in [6, 6.07) is 11.6. The Morgan fingerprint density at radius 1 is 1.06 bits per heavy atom. The van der Waals surface area contributed by atoms with Crippen LogP contribution in [0.25, 0.3) is 0 Å². The van der Waals surface area contributed by atoms with Gasteiger partial charge in [0.1, 0.15) is 18.3 Å². The molecule has 35 heavy (non-hydrogen) atoms. The number of benzene rings is 2. The third-order valence-corrected chi connectivity index (χ3v) is 7.25. The van der Waals surface area contributed by atoms with Crippen LogP contribution >= 0.6 is 0 Å². The number of hydrogen-bond donors (Lipinski definition) is 1. The summed E-state index contributed by atoms with van der Waals surface area (Å²) in [6.07, 6.45) is 1.82. The molecule has 0 aliphatic carbocycles. The van der Waals surface area contributed by atoms with E-state index in [4.69, 9.17) is 4.74 Å². The number of hydrogen-bond acceptors (Lipinski definition) is 5. The second kappa shape index (κ2) is 12.1. The number of aryl methyl sites for hydroxylation is 2. The number of nitrogens with one attached hydrogen (secondary N) is 1. The molecule has 0 fully saturated rings. The van der Waals surface area contributed by atoms with Gasteiger partial charge >= 0.3 is 0 Å². The molecule has 0 spiro atoms. The van der Waals surface area contributed by atoms with Gasteiger partial charge in [0.2, 0.25) is 21.8 Å². The van der Waals surface area contributed by atoms with E-state index in [0.717, 1.165) is 33.7 Å².